The van der Waals surface area contributed by atoms with Crippen molar-refractivity contribution in [3.05, 3.63) is 59.7 Å². The summed E-state index contributed by atoms with van der Waals surface area (Å²) in [4.78, 5) is 0. The molecule has 0 amide bonds. The molecule has 0 unspecified atom stereocenters. The first-order valence-electron chi connectivity index (χ1n) is 5.62. The van der Waals surface area contributed by atoms with Crippen LogP contribution in [0.15, 0.2) is 58.7 Å². The van der Waals surface area contributed by atoms with Gasteiger partial charge in [-0.05, 0) is 11.4 Å². The Balaban J connectivity index is 0.000000324. The van der Waals surface area contributed by atoms with Crippen molar-refractivity contribution >= 4 is 11.4 Å². The van der Waals surface area contributed by atoms with Crippen LogP contribution in [0, 0.1) is 0 Å². The summed E-state index contributed by atoms with van der Waals surface area (Å²) < 4.78 is 0. The molecule has 5 heteroatoms. The molecule has 2 rings (SSSR count). The monoisotopic (exact) mass is 298 g/mol. The Labute approximate surface area is 124 Å². The molecule has 0 atom stereocenters. The zero-order chi connectivity index (χ0) is 13.4. The molecule has 0 aliphatic heterocycles. The van der Waals surface area contributed by atoms with E-state index in [-0.39, 0.29) is 17.1 Å². The normalized spacial score (nSPS) is 11.3. The molecule has 0 spiro atoms. The van der Waals surface area contributed by atoms with E-state index in [1.54, 1.807) is 0 Å². The number of nitrogens with zero attached hydrogens (tertiary/aromatic N) is 2. The largest absolute Gasteiger partial charge is 2.00 e. The molecule has 0 aliphatic rings. The molecule has 0 radical (unpaired) electrons. The summed E-state index contributed by atoms with van der Waals surface area (Å²) in [5.41, 5.74) is 3.94. The fourth-order valence-corrected chi connectivity index (χ4v) is 1.38. The van der Waals surface area contributed by atoms with Crippen LogP contribution in [-0.2, 0) is 17.1 Å². The summed E-state index contributed by atoms with van der Waals surface area (Å²) in [5.74, 6) is 10.1. The first-order chi connectivity index (χ1) is 8.69. The van der Waals surface area contributed by atoms with Crippen molar-refractivity contribution in [2.45, 2.75) is 13.8 Å². The summed E-state index contributed by atoms with van der Waals surface area (Å²) >= 11 is 0. The molecule has 4 N–H and O–H groups in total. The number of hydrogen-bond donors (Lipinski definition) is 2. The zero-order valence-electron chi connectivity index (χ0n) is 11.0. The first-order valence-corrected chi connectivity index (χ1v) is 5.62. The second-order valence-corrected chi connectivity index (χ2v) is 3.78. The van der Waals surface area contributed by atoms with E-state index in [1.807, 2.05) is 62.4 Å². The van der Waals surface area contributed by atoms with Gasteiger partial charge >= 0.3 is 17.1 Å². The third kappa shape index (κ3) is 5.55. The number of hydrazone groups is 2. The van der Waals surface area contributed by atoms with Gasteiger partial charge in [-0.1, -0.05) is 13.8 Å². The topological polar surface area (TPSA) is 76.8 Å². The van der Waals surface area contributed by atoms with Gasteiger partial charge in [0.15, 0.2) is 0 Å². The van der Waals surface area contributed by atoms with E-state index in [1.165, 1.54) is 0 Å². The van der Waals surface area contributed by atoms with Gasteiger partial charge in [-0.3, -0.25) is 0 Å². The summed E-state index contributed by atoms with van der Waals surface area (Å²) in [6.45, 7) is 3.77. The Morgan fingerprint density at radius 2 is 1.26 bits per heavy atom. The molecule has 0 saturated heterocycles. The van der Waals surface area contributed by atoms with Crippen LogP contribution in [-0.4, -0.2) is 11.4 Å². The molecule has 2 aromatic carbocycles. The second-order valence-electron chi connectivity index (χ2n) is 3.78. The van der Waals surface area contributed by atoms with Gasteiger partial charge in [0.1, 0.15) is 0 Å². The predicted molar refractivity (Wildman–Crippen MR) is 76.9 cm³/mol. The van der Waals surface area contributed by atoms with Gasteiger partial charge in [0.2, 0.25) is 0 Å². The predicted octanol–water partition coefficient (Wildman–Crippen LogP) is 2.17. The minimum absolute atomic E-state index is 0. The van der Waals surface area contributed by atoms with E-state index in [0.29, 0.717) is 0 Å². The van der Waals surface area contributed by atoms with E-state index >= 15 is 0 Å². The average Bonchev–Trinajstić information content (AvgIpc) is 3.09. The quantitative estimate of drug-likeness (QED) is 0.293. The Morgan fingerprint density at radius 3 is 1.47 bits per heavy atom. The van der Waals surface area contributed by atoms with E-state index in [0.717, 1.165) is 22.6 Å². The Morgan fingerprint density at radius 1 is 0.895 bits per heavy atom. The average molecular weight is 298 g/mol. The molecular formula is C14H18FeN4. The van der Waals surface area contributed by atoms with Crippen LogP contribution in [0.1, 0.15) is 25.0 Å². The molecule has 0 bridgehead atoms. The van der Waals surface area contributed by atoms with Gasteiger partial charge in [-0.2, -0.15) is 36.4 Å². The molecule has 0 aromatic heterocycles. The van der Waals surface area contributed by atoms with Crippen molar-refractivity contribution in [2.24, 2.45) is 21.9 Å². The molecule has 0 aliphatic carbocycles. The fraction of sp³-hybridized carbons (Fsp3) is 0.143. The summed E-state index contributed by atoms with van der Waals surface area (Å²) in [5, 5.41) is 7.10. The van der Waals surface area contributed by atoms with Gasteiger partial charge < -0.3 is 11.7 Å². The molecule has 4 nitrogen and oxygen atoms in total. The summed E-state index contributed by atoms with van der Waals surface area (Å²) in [6.07, 6.45) is 0. The van der Waals surface area contributed by atoms with Crippen molar-refractivity contribution in [2.75, 3.05) is 0 Å². The van der Waals surface area contributed by atoms with E-state index < -0.39 is 0 Å². The van der Waals surface area contributed by atoms with Crippen LogP contribution >= 0.6 is 0 Å². The van der Waals surface area contributed by atoms with Gasteiger partial charge in [-0.15, -0.1) is 23.3 Å². The van der Waals surface area contributed by atoms with Gasteiger partial charge in [0.25, 0.3) is 0 Å². The Kier molecular flexibility index (Phi) is 8.25. The van der Waals surface area contributed by atoms with Crippen LogP contribution in [0.4, 0.5) is 0 Å². The van der Waals surface area contributed by atoms with Crippen LogP contribution in [0.2, 0.25) is 0 Å². The van der Waals surface area contributed by atoms with Crippen LogP contribution < -0.4 is 11.7 Å². The fourth-order valence-electron chi connectivity index (χ4n) is 1.38. The van der Waals surface area contributed by atoms with Gasteiger partial charge in [0, 0.05) is 0 Å². The molecule has 2 aromatic rings. The van der Waals surface area contributed by atoms with E-state index in [4.69, 9.17) is 11.7 Å². The molecule has 0 heterocycles. The van der Waals surface area contributed by atoms with Gasteiger partial charge in [-0.25, -0.2) is 10.2 Å². The molecule has 19 heavy (non-hydrogen) atoms. The minimum atomic E-state index is 0. The SMILES string of the molecule is C/C(=N/N)c1ccc[cH-]1.C/C(=N\N)c1ccc[cH-]1.[Fe+2]. The maximum absolute atomic E-state index is 5.05. The van der Waals surface area contributed by atoms with Crippen molar-refractivity contribution in [3.8, 4) is 0 Å². The van der Waals surface area contributed by atoms with Crippen LogP contribution in [0.5, 0.6) is 0 Å². The van der Waals surface area contributed by atoms with Crippen molar-refractivity contribution in [3.63, 3.8) is 0 Å². The standard InChI is InChI=1S/2C7H9N2.Fe/c2*1-6(9-8)7-4-2-3-5-7;/h2*2-5H,8H2,1H3;/q2*-1;+2/b9-6+;9-6-;. The Bertz CT molecular complexity index is 447. The molecule has 0 fully saturated rings. The van der Waals surface area contributed by atoms with Crippen LogP contribution in [0.3, 0.4) is 0 Å². The van der Waals surface area contributed by atoms with E-state index in [2.05, 4.69) is 10.2 Å². The first kappa shape index (κ1) is 17.2. The zero-order valence-corrected chi connectivity index (χ0v) is 12.1. The van der Waals surface area contributed by atoms with Crippen molar-refractivity contribution in [1.29, 1.82) is 0 Å². The third-order valence-electron chi connectivity index (χ3n) is 2.55. The number of nitrogens with two attached hydrogens (primary N) is 2. The molecule has 102 valence electrons. The maximum atomic E-state index is 5.05. The van der Waals surface area contributed by atoms with Crippen molar-refractivity contribution < 1.29 is 17.1 Å². The van der Waals surface area contributed by atoms with Crippen LogP contribution in [0.25, 0.3) is 0 Å². The number of hydrogen-bond acceptors (Lipinski definition) is 4. The second kappa shape index (κ2) is 9.14. The van der Waals surface area contributed by atoms with Crippen molar-refractivity contribution in [1.82, 2.24) is 0 Å². The molecular weight excluding hydrogens is 280 g/mol. The summed E-state index contributed by atoms with van der Waals surface area (Å²) in [7, 11) is 0. The number of rotatable bonds is 2. The molecule has 0 saturated carbocycles. The third-order valence-corrected chi connectivity index (χ3v) is 2.55. The summed E-state index contributed by atoms with van der Waals surface area (Å²) in [6, 6.07) is 15.8. The maximum Gasteiger partial charge on any atom is 2.00 e. The minimum Gasteiger partial charge on any atom is -0.332 e. The van der Waals surface area contributed by atoms with Gasteiger partial charge in [0.05, 0.1) is 0 Å². The smallest absolute Gasteiger partial charge is 0.332 e. The Hall–Kier alpha value is -1.84. The van der Waals surface area contributed by atoms with E-state index in [9.17, 15) is 0 Å².